The van der Waals surface area contributed by atoms with Gasteiger partial charge >= 0.3 is 0 Å². The topological polar surface area (TPSA) is 23.5 Å². The van der Waals surface area contributed by atoms with E-state index in [4.69, 9.17) is 0 Å². The lowest BCUT2D eigenvalue weighted by atomic mass is 9.80. The molecule has 0 aliphatic rings. The van der Waals surface area contributed by atoms with Gasteiger partial charge in [0.25, 0.3) is 0 Å². The van der Waals surface area contributed by atoms with Gasteiger partial charge in [0, 0.05) is 0 Å². The maximum absolute atomic E-state index is 14.0. The molecule has 0 heterocycles. The van der Waals surface area contributed by atoms with Gasteiger partial charge in [0.1, 0.15) is 17.7 Å². The molecule has 0 bridgehead atoms. The van der Waals surface area contributed by atoms with Crippen molar-refractivity contribution in [2.75, 3.05) is 13.1 Å². The van der Waals surface area contributed by atoms with E-state index in [1.165, 1.54) is 18.2 Å². The number of benzene rings is 1. The van der Waals surface area contributed by atoms with Gasteiger partial charge in [-0.2, -0.15) is 0 Å². The zero-order valence-electron chi connectivity index (χ0n) is 12.8. The Bertz CT molecular complexity index is 408. The van der Waals surface area contributed by atoms with Crippen molar-refractivity contribution < 1.29 is 13.9 Å². The molecule has 1 rings (SSSR count). The molecular weight excluding hydrogens is 260 g/mol. The molecule has 0 fully saturated rings. The normalized spacial score (nSPS) is 13.8. The Labute approximate surface area is 120 Å². The van der Waals surface area contributed by atoms with Crippen LogP contribution in [0.3, 0.4) is 0 Å². The summed E-state index contributed by atoms with van der Waals surface area (Å²) in [6, 6.07) is 3.71. The standard InChI is InChI=1S/C16H25F2NO/c1-5-16(6-2,19(7-3)8-4)15(20)14-12(17)10-9-11-13(14)18/h9-11,15,20H,5-8H2,1-4H3. The molecule has 2 nitrogen and oxygen atoms in total. The van der Waals surface area contributed by atoms with Crippen LogP contribution >= 0.6 is 0 Å². The lowest BCUT2D eigenvalue weighted by Crippen LogP contribution is -2.52. The minimum Gasteiger partial charge on any atom is -0.386 e. The van der Waals surface area contributed by atoms with E-state index in [2.05, 4.69) is 4.90 Å². The molecule has 0 saturated carbocycles. The van der Waals surface area contributed by atoms with Gasteiger partial charge in [-0.3, -0.25) is 4.90 Å². The molecule has 1 atom stereocenters. The number of halogens is 2. The molecule has 0 amide bonds. The van der Waals surface area contributed by atoms with Gasteiger partial charge in [-0.15, -0.1) is 0 Å². The minimum atomic E-state index is -1.18. The maximum atomic E-state index is 14.0. The molecular formula is C16H25F2NO. The van der Waals surface area contributed by atoms with Crippen molar-refractivity contribution in [1.29, 1.82) is 0 Å². The van der Waals surface area contributed by atoms with Gasteiger partial charge in [0.05, 0.1) is 11.1 Å². The van der Waals surface area contributed by atoms with Crippen LogP contribution in [0.15, 0.2) is 18.2 Å². The molecule has 0 spiro atoms. The summed E-state index contributed by atoms with van der Waals surface area (Å²) in [5.74, 6) is -1.37. The van der Waals surface area contributed by atoms with Crippen LogP contribution < -0.4 is 0 Å². The Morgan fingerprint density at radius 1 is 1.05 bits per heavy atom. The highest BCUT2D eigenvalue weighted by molar-refractivity contribution is 5.25. The fraction of sp³-hybridized carbons (Fsp3) is 0.625. The first-order chi connectivity index (χ1) is 9.48. The second-order valence-corrected chi connectivity index (χ2v) is 5.02. The second kappa shape index (κ2) is 7.14. The monoisotopic (exact) mass is 285 g/mol. The average Bonchev–Trinajstić information content (AvgIpc) is 2.44. The number of aliphatic hydroxyl groups excluding tert-OH is 1. The fourth-order valence-corrected chi connectivity index (χ4v) is 3.15. The Kier molecular flexibility index (Phi) is 6.08. The zero-order chi connectivity index (χ0) is 15.3. The van der Waals surface area contributed by atoms with Crippen LogP contribution in [0, 0.1) is 11.6 Å². The average molecular weight is 285 g/mol. The second-order valence-electron chi connectivity index (χ2n) is 5.02. The smallest absolute Gasteiger partial charge is 0.132 e. The molecule has 1 unspecified atom stereocenters. The van der Waals surface area contributed by atoms with E-state index in [1.54, 1.807) is 0 Å². The Morgan fingerprint density at radius 2 is 1.50 bits per heavy atom. The molecule has 114 valence electrons. The summed E-state index contributed by atoms with van der Waals surface area (Å²) in [4.78, 5) is 2.09. The number of aliphatic hydroxyl groups is 1. The van der Waals surface area contributed by atoms with Gasteiger partial charge in [0.2, 0.25) is 0 Å². The van der Waals surface area contributed by atoms with E-state index < -0.39 is 23.3 Å². The number of nitrogens with zero attached hydrogens (tertiary/aromatic N) is 1. The van der Waals surface area contributed by atoms with Crippen LogP contribution in [0.4, 0.5) is 8.78 Å². The molecule has 1 N–H and O–H groups in total. The van der Waals surface area contributed by atoms with Gasteiger partial charge in [-0.05, 0) is 38.1 Å². The molecule has 1 aromatic carbocycles. The van der Waals surface area contributed by atoms with Crippen molar-refractivity contribution in [2.24, 2.45) is 0 Å². The molecule has 20 heavy (non-hydrogen) atoms. The summed E-state index contributed by atoms with van der Waals surface area (Å²) in [5, 5.41) is 10.7. The number of hydrogen-bond donors (Lipinski definition) is 1. The lowest BCUT2D eigenvalue weighted by Gasteiger charge is -2.46. The summed E-state index contributed by atoms with van der Waals surface area (Å²) in [5.41, 5.74) is -0.866. The third-order valence-corrected chi connectivity index (χ3v) is 4.40. The van der Waals surface area contributed by atoms with Crippen molar-refractivity contribution in [1.82, 2.24) is 4.90 Å². The molecule has 0 saturated heterocycles. The first kappa shape index (κ1) is 17.1. The number of hydrogen-bond acceptors (Lipinski definition) is 2. The van der Waals surface area contributed by atoms with E-state index in [0.717, 1.165) is 13.1 Å². The summed E-state index contributed by atoms with van der Waals surface area (Å²) < 4.78 is 27.9. The van der Waals surface area contributed by atoms with Gasteiger partial charge < -0.3 is 5.11 Å². The van der Waals surface area contributed by atoms with E-state index in [-0.39, 0.29) is 5.56 Å². The van der Waals surface area contributed by atoms with Crippen LogP contribution in [0.2, 0.25) is 0 Å². The third kappa shape index (κ3) is 2.86. The summed E-state index contributed by atoms with van der Waals surface area (Å²) in [6.45, 7) is 9.34. The molecule has 4 heteroatoms. The molecule has 0 aliphatic carbocycles. The van der Waals surface area contributed by atoms with Crippen molar-refractivity contribution in [3.63, 3.8) is 0 Å². The maximum Gasteiger partial charge on any atom is 0.132 e. The van der Waals surface area contributed by atoms with Crippen molar-refractivity contribution >= 4 is 0 Å². The Morgan fingerprint density at radius 3 is 1.85 bits per heavy atom. The first-order valence-corrected chi connectivity index (χ1v) is 7.35. The summed E-state index contributed by atoms with van der Waals surface area (Å²) in [7, 11) is 0. The van der Waals surface area contributed by atoms with E-state index in [9.17, 15) is 13.9 Å². The van der Waals surface area contributed by atoms with Crippen LogP contribution in [-0.2, 0) is 0 Å². The van der Waals surface area contributed by atoms with Crippen LogP contribution in [-0.4, -0.2) is 28.6 Å². The Balaban J connectivity index is 3.34. The van der Waals surface area contributed by atoms with Gasteiger partial charge in [0.15, 0.2) is 0 Å². The van der Waals surface area contributed by atoms with Crippen LogP contribution in [0.25, 0.3) is 0 Å². The molecule has 0 radical (unpaired) electrons. The van der Waals surface area contributed by atoms with E-state index in [0.29, 0.717) is 12.8 Å². The fourth-order valence-electron chi connectivity index (χ4n) is 3.15. The van der Waals surface area contributed by atoms with E-state index in [1.807, 2.05) is 27.7 Å². The summed E-state index contributed by atoms with van der Waals surface area (Å²) >= 11 is 0. The van der Waals surface area contributed by atoms with Gasteiger partial charge in [-0.25, -0.2) is 8.78 Å². The predicted octanol–water partition coefficient (Wildman–Crippen LogP) is 3.90. The number of rotatable bonds is 7. The molecule has 0 aromatic heterocycles. The van der Waals surface area contributed by atoms with Gasteiger partial charge in [-0.1, -0.05) is 33.8 Å². The molecule has 0 aliphatic heterocycles. The molecule has 1 aromatic rings. The largest absolute Gasteiger partial charge is 0.386 e. The zero-order valence-corrected chi connectivity index (χ0v) is 12.8. The highest BCUT2D eigenvalue weighted by Crippen LogP contribution is 2.39. The minimum absolute atomic E-state index is 0.219. The lowest BCUT2D eigenvalue weighted by molar-refractivity contribution is -0.0398. The van der Waals surface area contributed by atoms with Crippen molar-refractivity contribution in [3.05, 3.63) is 35.4 Å². The first-order valence-electron chi connectivity index (χ1n) is 7.35. The van der Waals surface area contributed by atoms with Crippen LogP contribution in [0.1, 0.15) is 52.2 Å². The van der Waals surface area contributed by atoms with Crippen molar-refractivity contribution in [2.45, 2.75) is 52.2 Å². The Hall–Kier alpha value is -1.00. The van der Waals surface area contributed by atoms with Crippen molar-refractivity contribution in [3.8, 4) is 0 Å². The quantitative estimate of drug-likeness (QED) is 0.821. The highest BCUT2D eigenvalue weighted by atomic mass is 19.1. The predicted molar refractivity (Wildman–Crippen MR) is 77.6 cm³/mol. The highest BCUT2D eigenvalue weighted by Gasteiger charge is 2.42. The summed E-state index contributed by atoms with van der Waals surface area (Å²) in [6.07, 6.45) is 0.0684. The third-order valence-electron chi connectivity index (χ3n) is 4.40. The van der Waals surface area contributed by atoms with Crippen LogP contribution in [0.5, 0.6) is 0 Å². The number of likely N-dealkylation sites (N-methyl/N-ethyl adjacent to an activating group) is 1. The SMILES string of the molecule is CCN(CC)C(CC)(CC)C(O)c1c(F)cccc1F. The van der Waals surface area contributed by atoms with E-state index >= 15 is 0 Å².